The van der Waals surface area contributed by atoms with Crippen LogP contribution in [0.3, 0.4) is 0 Å². The molecule has 0 amide bonds. The molecule has 2 heteroatoms. The first-order chi connectivity index (χ1) is 9.44. The molecule has 3 unspecified atom stereocenters. The monoisotopic (exact) mass is 280 g/mol. The zero-order valence-corrected chi connectivity index (χ0v) is 14.4. The van der Waals surface area contributed by atoms with Crippen molar-refractivity contribution >= 4 is 0 Å². The van der Waals surface area contributed by atoms with Gasteiger partial charge >= 0.3 is 0 Å². The van der Waals surface area contributed by atoms with Crippen molar-refractivity contribution in [1.82, 2.24) is 10.2 Å². The molecule has 2 aliphatic rings. The van der Waals surface area contributed by atoms with Gasteiger partial charge in [0.05, 0.1) is 0 Å². The van der Waals surface area contributed by atoms with Crippen LogP contribution < -0.4 is 5.32 Å². The van der Waals surface area contributed by atoms with E-state index in [1.54, 1.807) is 0 Å². The maximum absolute atomic E-state index is 3.85. The van der Waals surface area contributed by atoms with Gasteiger partial charge in [0.1, 0.15) is 0 Å². The van der Waals surface area contributed by atoms with Crippen LogP contribution in [-0.4, -0.2) is 36.1 Å². The molecule has 1 aliphatic carbocycles. The summed E-state index contributed by atoms with van der Waals surface area (Å²) in [7, 11) is 0. The normalized spacial score (nSPS) is 34.8. The molecule has 1 saturated carbocycles. The number of rotatable bonds is 5. The van der Waals surface area contributed by atoms with Gasteiger partial charge in [-0.05, 0) is 62.9 Å². The Morgan fingerprint density at radius 2 is 2.00 bits per heavy atom. The Morgan fingerprint density at radius 1 is 1.25 bits per heavy atom. The molecule has 3 atom stereocenters. The Morgan fingerprint density at radius 3 is 2.65 bits per heavy atom. The first-order valence-corrected chi connectivity index (χ1v) is 8.94. The van der Waals surface area contributed by atoms with Crippen molar-refractivity contribution < 1.29 is 0 Å². The van der Waals surface area contributed by atoms with Crippen LogP contribution in [0.1, 0.15) is 73.1 Å². The van der Waals surface area contributed by atoms with Gasteiger partial charge < -0.3 is 5.32 Å². The van der Waals surface area contributed by atoms with E-state index < -0.39 is 0 Å². The molecule has 2 rings (SSSR count). The summed E-state index contributed by atoms with van der Waals surface area (Å²) in [5.41, 5.74) is 0.527. The van der Waals surface area contributed by atoms with Gasteiger partial charge in [-0.2, -0.15) is 0 Å². The fourth-order valence-electron chi connectivity index (χ4n) is 4.41. The van der Waals surface area contributed by atoms with Gasteiger partial charge in [-0.3, -0.25) is 4.90 Å². The lowest BCUT2D eigenvalue weighted by atomic mass is 9.72. The minimum Gasteiger partial charge on any atom is -0.312 e. The van der Waals surface area contributed by atoms with Crippen LogP contribution in [0, 0.1) is 11.3 Å². The second-order valence-corrected chi connectivity index (χ2v) is 8.23. The van der Waals surface area contributed by atoms with E-state index >= 15 is 0 Å². The second kappa shape index (κ2) is 6.79. The van der Waals surface area contributed by atoms with Crippen molar-refractivity contribution in [3.05, 3.63) is 0 Å². The Kier molecular flexibility index (Phi) is 5.53. The standard InChI is InChI=1S/C18H36N2/c1-6-11-19-15-9-10-18(4,5)13-17(15)20-12-7-8-16(20)14(2)3/h14-17,19H,6-13H2,1-5H3. The van der Waals surface area contributed by atoms with Crippen molar-refractivity contribution in [2.45, 2.75) is 91.3 Å². The molecule has 1 heterocycles. The van der Waals surface area contributed by atoms with E-state index in [0.29, 0.717) is 5.41 Å². The SMILES string of the molecule is CCCNC1CCC(C)(C)CC1N1CCCC1C(C)C. The smallest absolute Gasteiger partial charge is 0.0257 e. The van der Waals surface area contributed by atoms with Gasteiger partial charge in [0.15, 0.2) is 0 Å². The van der Waals surface area contributed by atoms with Gasteiger partial charge in [-0.15, -0.1) is 0 Å². The maximum atomic E-state index is 3.85. The van der Waals surface area contributed by atoms with Gasteiger partial charge in [-0.25, -0.2) is 0 Å². The molecule has 20 heavy (non-hydrogen) atoms. The molecule has 0 bridgehead atoms. The van der Waals surface area contributed by atoms with E-state index in [-0.39, 0.29) is 0 Å². The fourth-order valence-corrected chi connectivity index (χ4v) is 4.41. The molecule has 0 radical (unpaired) electrons. The quantitative estimate of drug-likeness (QED) is 0.817. The summed E-state index contributed by atoms with van der Waals surface area (Å²) in [4.78, 5) is 2.87. The fraction of sp³-hybridized carbons (Fsp3) is 1.00. The molecule has 2 fully saturated rings. The van der Waals surface area contributed by atoms with Crippen molar-refractivity contribution in [3.8, 4) is 0 Å². The summed E-state index contributed by atoms with van der Waals surface area (Å²) in [5, 5.41) is 3.85. The Bertz CT molecular complexity index is 298. The van der Waals surface area contributed by atoms with Gasteiger partial charge in [0.2, 0.25) is 0 Å². The minimum atomic E-state index is 0.527. The van der Waals surface area contributed by atoms with E-state index in [0.717, 1.165) is 24.0 Å². The van der Waals surface area contributed by atoms with Gasteiger partial charge in [-0.1, -0.05) is 34.6 Å². The first kappa shape index (κ1) is 16.3. The average molecular weight is 280 g/mol. The zero-order chi connectivity index (χ0) is 14.8. The molecular weight excluding hydrogens is 244 g/mol. The van der Waals surface area contributed by atoms with E-state index in [1.807, 2.05) is 0 Å². The Hall–Kier alpha value is -0.0800. The highest BCUT2D eigenvalue weighted by molar-refractivity contribution is 4.98. The van der Waals surface area contributed by atoms with Crippen LogP contribution in [0.15, 0.2) is 0 Å². The number of hydrogen-bond acceptors (Lipinski definition) is 2. The number of nitrogens with one attached hydrogen (secondary N) is 1. The number of nitrogens with zero attached hydrogens (tertiary/aromatic N) is 1. The van der Waals surface area contributed by atoms with Crippen LogP contribution in [0.5, 0.6) is 0 Å². The molecule has 0 aromatic rings. The summed E-state index contributed by atoms with van der Waals surface area (Å²) < 4.78 is 0. The molecule has 1 saturated heterocycles. The van der Waals surface area contributed by atoms with Crippen LogP contribution in [0.4, 0.5) is 0 Å². The molecule has 1 N–H and O–H groups in total. The van der Waals surface area contributed by atoms with Crippen molar-refractivity contribution in [3.63, 3.8) is 0 Å². The highest BCUT2D eigenvalue weighted by Gasteiger charge is 2.41. The summed E-state index contributed by atoms with van der Waals surface area (Å²) in [6.07, 6.45) is 8.18. The third-order valence-electron chi connectivity index (χ3n) is 5.55. The highest BCUT2D eigenvalue weighted by atomic mass is 15.2. The first-order valence-electron chi connectivity index (χ1n) is 8.94. The lowest BCUT2D eigenvalue weighted by Gasteiger charge is -2.47. The van der Waals surface area contributed by atoms with Crippen LogP contribution in [-0.2, 0) is 0 Å². The Labute approximate surface area is 126 Å². The Balaban J connectivity index is 2.09. The van der Waals surface area contributed by atoms with Gasteiger partial charge in [0, 0.05) is 18.1 Å². The van der Waals surface area contributed by atoms with Crippen molar-refractivity contribution in [1.29, 1.82) is 0 Å². The summed E-state index contributed by atoms with van der Waals surface area (Å²) in [6.45, 7) is 14.5. The molecule has 118 valence electrons. The molecule has 0 aromatic carbocycles. The van der Waals surface area contributed by atoms with Crippen molar-refractivity contribution in [2.24, 2.45) is 11.3 Å². The van der Waals surface area contributed by atoms with E-state index in [9.17, 15) is 0 Å². The third-order valence-corrected chi connectivity index (χ3v) is 5.55. The zero-order valence-electron chi connectivity index (χ0n) is 14.4. The molecule has 0 spiro atoms. The predicted molar refractivity (Wildman–Crippen MR) is 88.1 cm³/mol. The summed E-state index contributed by atoms with van der Waals surface area (Å²) >= 11 is 0. The van der Waals surface area contributed by atoms with Crippen LogP contribution >= 0.6 is 0 Å². The topological polar surface area (TPSA) is 15.3 Å². The van der Waals surface area contributed by atoms with Crippen LogP contribution in [0.25, 0.3) is 0 Å². The number of hydrogen-bond donors (Lipinski definition) is 1. The van der Waals surface area contributed by atoms with Gasteiger partial charge in [0.25, 0.3) is 0 Å². The largest absolute Gasteiger partial charge is 0.312 e. The highest BCUT2D eigenvalue weighted by Crippen LogP contribution is 2.40. The lowest BCUT2D eigenvalue weighted by Crippen LogP contribution is -2.56. The summed E-state index contributed by atoms with van der Waals surface area (Å²) in [5.74, 6) is 0.800. The van der Waals surface area contributed by atoms with Crippen molar-refractivity contribution in [2.75, 3.05) is 13.1 Å². The lowest BCUT2D eigenvalue weighted by molar-refractivity contribution is 0.0443. The van der Waals surface area contributed by atoms with E-state index in [1.165, 1.54) is 51.6 Å². The third kappa shape index (κ3) is 3.76. The summed E-state index contributed by atoms with van der Waals surface area (Å²) in [6, 6.07) is 2.31. The molecule has 0 aromatic heterocycles. The van der Waals surface area contributed by atoms with E-state index in [4.69, 9.17) is 0 Å². The van der Waals surface area contributed by atoms with E-state index in [2.05, 4.69) is 44.8 Å². The molecule has 2 nitrogen and oxygen atoms in total. The average Bonchev–Trinajstić information content (AvgIpc) is 2.85. The predicted octanol–water partition coefficient (Wildman–Crippen LogP) is 4.05. The molecular formula is C18H36N2. The number of likely N-dealkylation sites (tertiary alicyclic amines) is 1. The molecule has 1 aliphatic heterocycles. The second-order valence-electron chi connectivity index (χ2n) is 8.23. The minimum absolute atomic E-state index is 0.527. The van der Waals surface area contributed by atoms with Crippen LogP contribution in [0.2, 0.25) is 0 Å². The maximum Gasteiger partial charge on any atom is 0.0257 e.